The number of amides is 1. The molecule has 0 spiro atoms. The number of hydrogen-bond donors (Lipinski definition) is 3. The fraction of sp³-hybridized carbons (Fsp3) is 0.533. The van der Waals surface area contributed by atoms with Gasteiger partial charge in [0.25, 0.3) is 0 Å². The Balaban J connectivity index is 2.45. The van der Waals surface area contributed by atoms with Crippen molar-refractivity contribution in [1.82, 2.24) is 10.6 Å². The van der Waals surface area contributed by atoms with Crippen molar-refractivity contribution in [3.63, 3.8) is 0 Å². The summed E-state index contributed by atoms with van der Waals surface area (Å²) in [5.74, 6) is 0.0602. The summed E-state index contributed by atoms with van der Waals surface area (Å²) in [5, 5.41) is 6.28. The van der Waals surface area contributed by atoms with E-state index in [0.29, 0.717) is 13.0 Å². The Bertz CT molecular complexity index is 367. The molecule has 0 fully saturated rings. The van der Waals surface area contributed by atoms with Gasteiger partial charge in [-0.05, 0) is 18.9 Å². The quantitative estimate of drug-likeness (QED) is 0.667. The second-order valence-electron chi connectivity index (χ2n) is 4.79. The van der Waals surface area contributed by atoms with Crippen LogP contribution in [0.25, 0.3) is 0 Å². The topological polar surface area (TPSA) is 67.2 Å². The first-order chi connectivity index (χ1) is 9.17. The van der Waals surface area contributed by atoms with Gasteiger partial charge in [-0.15, -0.1) is 0 Å². The van der Waals surface area contributed by atoms with Gasteiger partial charge in [0.2, 0.25) is 5.91 Å². The zero-order valence-corrected chi connectivity index (χ0v) is 11.9. The molecule has 1 aromatic carbocycles. The molecule has 0 saturated carbocycles. The van der Waals surface area contributed by atoms with E-state index in [1.165, 1.54) is 5.56 Å². The molecule has 0 saturated heterocycles. The molecule has 0 radical (unpaired) electrons. The van der Waals surface area contributed by atoms with Crippen molar-refractivity contribution in [1.29, 1.82) is 0 Å². The van der Waals surface area contributed by atoms with E-state index in [-0.39, 0.29) is 18.0 Å². The molecule has 0 aliphatic carbocycles. The summed E-state index contributed by atoms with van der Waals surface area (Å²) in [6, 6.07) is 10.4. The summed E-state index contributed by atoms with van der Waals surface area (Å²) in [6.45, 7) is 5.31. The van der Waals surface area contributed by atoms with E-state index in [2.05, 4.69) is 29.7 Å². The van der Waals surface area contributed by atoms with Crippen LogP contribution in [0.15, 0.2) is 30.3 Å². The van der Waals surface area contributed by atoms with Gasteiger partial charge in [-0.3, -0.25) is 4.79 Å². The lowest BCUT2D eigenvalue weighted by atomic mass is 10.1. The van der Waals surface area contributed by atoms with E-state index in [9.17, 15) is 4.79 Å². The minimum atomic E-state index is 0.00654. The summed E-state index contributed by atoms with van der Waals surface area (Å²) in [7, 11) is 0. The van der Waals surface area contributed by atoms with Crippen molar-refractivity contribution < 1.29 is 4.79 Å². The Morgan fingerprint density at radius 3 is 2.58 bits per heavy atom. The van der Waals surface area contributed by atoms with Gasteiger partial charge < -0.3 is 16.4 Å². The number of rotatable bonds is 8. The molecule has 0 heterocycles. The Morgan fingerprint density at radius 1 is 1.32 bits per heavy atom. The molecule has 4 N–H and O–H groups in total. The largest absolute Gasteiger partial charge is 0.356 e. The van der Waals surface area contributed by atoms with Crippen LogP contribution in [0, 0.1) is 0 Å². The average Bonchev–Trinajstić information content (AvgIpc) is 2.45. The molecule has 0 aliphatic heterocycles. The van der Waals surface area contributed by atoms with E-state index in [4.69, 9.17) is 5.73 Å². The van der Waals surface area contributed by atoms with Gasteiger partial charge in [0.15, 0.2) is 0 Å². The van der Waals surface area contributed by atoms with E-state index < -0.39 is 0 Å². The zero-order chi connectivity index (χ0) is 14.1. The molecule has 4 nitrogen and oxygen atoms in total. The lowest BCUT2D eigenvalue weighted by Crippen LogP contribution is -2.41. The maximum atomic E-state index is 11.7. The average molecular weight is 263 g/mol. The third-order valence-electron chi connectivity index (χ3n) is 3.07. The third-order valence-corrected chi connectivity index (χ3v) is 3.07. The van der Waals surface area contributed by atoms with Gasteiger partial charge in [-0.2, -0.15) is 0 Å². The Hall–Kier alpha value is -1.39. The number of nitrogens with two attached hydrogens (primary N) is 1. The summed E-state index contributed by atoms with van der Waals surface area (Å²) < 4.78 is 0. The Morgan fingerprint density at radius 2 is 2.00 bits per heavy atom. The SMILES string of the molecule is CCCNC(=O)CC(CN)NC(C)c1ccccc1. The van der Waals surface area contributed by atoms with Crippen molar-refractivity contribution in [2.24, 2.45) is 5.73 Å². The van der Waals surface area contributed by atoms with Crippen LogP contribution in [0.2, 0.25) is 0 Å². The first-order valence-electron chi connectivity index (χ1n) is 6.95. The molecule has 1 aromatic rings. The third kappa shape index (κ3) is 5.85. The van der Waals surface area contributed by atoms with E-state index in [0.717, 1.165) is 13.0 Å². The molecule has 2 atom stereocenters. The standard InChI is InChI=1S/C15H25N3O/c1-3-9-17-15(19)10-14(11-16)18-12(2)13-7-5-4-6-8-13/h4-8,12,14,18H,3,9-11,16H2,1-2H3,(H,17,19). The van der Waals surface area contributed by atoms with Crippen LogP contribution in [0.4, 0.5) is 0 Å². The smallest absolute Gasteiger partial charge is 0.221 e. The van der Waals surface area contributed by atoms with Crippen molar-refractivity contribution in [2.75, 3.05) is 13.1 Å². The van der Waals surface area contributed by atoms with Crippen molar-refractivity contribution in [3.05, 3.63) is 35.9 Å². The maximum Gasteiger partial charge on any atom is 0.221 e. The zero-order valence-electron chi connectivity index (χ0n) is 11.9. The minimum Gasteiger partial charge on any atom is -0.356 e. The molecule has 106 valence electrons. The van der Waals surface area contributed by atoms with E-state index in [1.807, 2.05) is 25.1 Å². The van der Waals surface area contributed by atoms with Gasteiger partial charge in [-0.1, -0.05) is 37.3 Å². The molecule has 4 heteroatoms. The highest BCUT2D eigenvalue weighted by Crippen LogP contribution is 2.12. The van der Waals surface area contributed by atoms with Gasteiger partial charge >= 0.3 is 0 Å². The van der Waals surface area contributed by atoms with Crippen molar-refractivity contribution >= 4 is 5.91 Å². The van der Waals surface area contributed by atoms with Crippen LogP contribution in [-0.4, -0.2) is 25.0 Å². The molecule has 2 unspecified atom stereocenters. The van der Waals surface area contributed by atoms with Crippen molar-refractivity contribution in [3.8, 4) is 0 Å². The van der Waals surface area contributed by atoms with Gasteiger partial charge in [0.05, 0.1) is 0 Å². The maximum absolute atomic E-state index is 11.7. The predicted molar refractivity (Wildman–Crippen MR) is 78.8 cm³/mol. The van der Waals surface area contributed by atoms with E-state index in [1.54, 1.807) is 0 Å². The van der Waals surface area contributed by atoms with E-state index >= 15 is 0 Å². The van der Waals surface area contributed by atoms with Gasteiger partial charge in [0, 0.05) is 31.6 Å². The highest BCUT2D eigenvalue weighted by atomic mass is 16.1. The number of carbonyl (C=O) groups excluding carboxylic acids is 1. The lowest BCUT2D eigenvalue weighted by Gasteiger charge is -2.22. The first kappa shape index (κ1) is 15.7. The van der Waals surface area contributed by atoms with Crippen LogP contribution >= 0.6 is 0 Å². The van der Waals surface area contributed by atoms with Crippen LogP contribution in [-0.2, 0) is 4.79 Å². The fourth-order valence-electron chi connectivity index (χ4n) is 1.96. The number of hydrogen-bond acceptors (Lipinski definition) is 3. The second kappa shape index (κ2) is 8.67. The molecule has 0 bridgehead atoms. The number of nitrogens with one attached hydrogen (secondary N) is 2. The highest BCUT2D eigenvalue weighted by Gasteiger charge is 2.15. The Kier molecular flexibility index (Phi) is 7.15. The second-order valence-corrected chi connectivity index (χ2v) is 4.79. The molecule has 0 aromatic heterocycles. The predicted octanol–water partition coefficient (Wildman–Crippen LogP) is 1.58. The number of benzene rings is 1. The molecule has 19 heavy (non-hydrogen) atoms. The summed E-state index contributed by atoms with van der Waals surface area (Å²) in [5.41, 5.74) is 6.94. The highest BCUT2D eigenvalue weighted by molar-refractivity contribution is 5.76. The summed E-state index contributed by atoms with van der Waals surface area (Å²) in [6.07, 6.45) is 1.38. The fourth-order valence-corrected chi connectivity index (χ4v) is 1.96. The van der Waals surface area contributed by atoms with Crippen LogP contribution < -0.4 is 16.4 Å². The molecule has 0 aliphatic rings. The van der Waals surface area contributed by atoms with Gasteiger partial charge in [0.1, 0.15) is 0 Å². The normalized spacial score (nSPS) is 13.8. The van der Waals surface area contributed by atoms with Crippen LogP contribution in [0.3, 0.4) is 0 Å². The molecular formula is C15H25N3O. The lowest BCUT2D eigenvalue weighted by molar-refractivity contribution is -0.121. The van der Waals surface area contributed by atoms with Crippen LogP contribution in [0.5, 0.6) is 0 Å². The first-order valence-corrected chi connectivity index (χ1v) is 6.95. The van der Waals surface area contributed by atoms with Crippen LogP contribution in [0.1, 0.15) is 38.3 Å². The van der Waals surface area contributed by atoms with Crippen molar-refractivity contribution in [2.45, 2.75) is 38.8 Å². The molecular weight excluding hydrogens is 238 g/mol. The molecule has 1 rings (SSSR count). The summed E-state index contributed by atoms with van der Waals surface area (Å²) in [4.78, 5) is 11.7. The molecule has 1 amide bonds. The summed E-state index contributed by atoms with van der Waals surface area (Å²) >= 11 is 0. The minimum absolute atomic E-state index is 0.00654. The number of carbonyl (C=O) groups is 1. The Labute approximate surface area is 115 Å². The monoisotopic (exact) mass is 263 g/mol. The van der Waals surface area contributed by atoms with Gasteiger partial charge in [-0.25, -0.2) is 0 Å².